The van der Waals surface area contributed by atoms with E-state index in [1.54, 1.807) is 12.1 Å². The van der Waals surface area contributed by atoms with E-state index in [1.165, 1.54) is 6.07 Å². The van der Waals surface area contributed by atoms with Gasteiger partial charge >= 0.3 is 5.97 Å². The molecule has 0 saturated carbocycles. The molecule has 13 heavy (non-hydrogen) atoms. The second-order valence-electron chi connectivity index (χ2n) is 3.01. The van der Waals surface area contributed by atoms with Crippen LogP contribution in [0, 0.1) is 0 Å². The third kappa shape index (κ3) is 1.11. The second-order valence-corrected chi connectivity index (χ2v) is 3.01. The molecule has 0 spiro atoms. The maximum Gasteiger partial charge on any atom is 0.313 e. The Labute approximate surface area is 74.8 Å². The van der Waals surface area contributed by atoms with Crippen LogP contribution in [0.3, 0.4) is 0 Å². The van der Waals surface area contributed by atoms with Crippen molar-refractivity contribution in [3.63, 3.8) is 0 Å². The molecule has 0 radical (unpaired) electrons. The smallest absolute Gasteiger partial charge is 0.313 e. The zero-order valence-electron chi connectivity index (χ0n) is 6.82. The van der Waals surface area contributed by atoms with Crippen molar-refractivity contribution in [1.82, 2.24) is 0 Å². The van der Waals surface area contributed by atoms with Gasteiger partial charge in [0, 0.05) is 17.8 Å². The van der Waals surface area contributed by atoms with Gasteiger partial charge in [-0.05, 0) is 12.1 Å². The first-order chi connectivity index (χ1) is 6.20. The van der Waals surface area contributed by atoms with Crippen molar-refractivity contribution in [2.45, 2.75) is 5.92 Å². The van der Waals surface area contributed by atoms with Gasteiger partial charge < -0.3 is 15.5 Å². The molecule has 2 rings (SSSR count). The van der Waals surface area contributed by atoms with E-state index in [1.807, 2.05) is 0 Å². The molecule has 0 aliphatic carbocycles. The maximum absolute atomic E-state index is 10.8. The standard InChI is InChI=1S/C9H9NO3/c11-7-3-1-2-6-8(7)5(4-10-6)9(12)13/h1-3,5,10-11H,4H2,(H,12,13). The lowest BCUT2D eigenvalue weighted by atomic mass is 10.0. The van der Waals surface area contributed by atoms with Gasteiger partial charge in [0.25, 0.3) is 0 Å². The van der Waals surface area contributed by atoms with Crippen LogP contribution in [0.5, 0.6) is 5.75 Å². The highest BCUT2D eigenvalue weighted by Gasteiger charge is 2.30. The molecule has 3 N–H and O–H groups in total. The minimum atomic E-state index is -0.909. The zero-order valence-corrected chi connectivity index (χ0v) is 6.82. The molecule has 0 saturated heterocycles. The van der Waals surface area contributed by atoms with Crippen molar-refractivity contribution in [2.24, 2.45) is 0 Å². The summed E-state index contributed by atoms with van der Waals surface area (Å²) in [7, 11) is 0. The summed E-state index contributed by atoms with van der Waals surface area (Å²) in [5.41, 5.74) is 1.21. The van der Waals surface area contributed by atoms with Crippen LogP contribution < -0.4 is 5.32 Å². The lowest BCUT2D eigenvalue weighted by Crippen LogP contribution is -2.13. The van der Waals surface area contributed by atoms with Gasteiger partial charge in [0.15, 0.2) is 0 Å². The van der Waals surface area contributed by atoms with Gasteiger partial charge in [0.2, 0.25) is 0 Å². The number of anilines is 1. The predicted octanol–water partition coefficient (Wildman–Crippen LogP) is 0.986. The first kappa shape index (κ1) is 7.91. The van der Waals surface area contributed by atoms with Crippen molar-refractivity contribution in [3.8, 4) is 5.75 Å². The van der Waals surface area contributed by atoms with Gasteiger partial charge in [-0.3, -0.25) is 4.79 Å². The molecule has 4 nitrogen and oxygen atoms in total. The molecule has 0 amide bonds. The van der Waals surface area contributed by atoms with E-state index in [0.717, 1.165) is 0 Å². The van der Waals surface area contributed by atoms with Gasteiger partial charge in [-0.2, -0.15) is 0 Å². The molecule has 0 fully saturated rings. The number of phenolic OH excluding ortho intramolecular Hbond substituents is 1. The number of carbonyl (C=O) groups is 1. The van der Waals surface area contributed by atoms with Crippen LogP contribution in [0.2, 0.25) is 0 Å². The molecule has 1 heterocycles. The summed E-state index contributed by atoms with van der Waals surface area (Å²) in [6, 6.07) is 4.95. The van der Waals surface area contributed by atoms with Crippen LogP contribution in [0.4, 0.5) is 5.69 Å². The van der Waals surface area contributed by atoms with Gasteiger partial charge in [0.05, 0.1) is 0 Å². The molecular formula is C9H9NO3. The van der Waals surface area contributed by atoms with Crippen molar-refractivity contribution >= 4 is 11.7 Å². The summed E-state index contributed by atoms with van der Waals surface area (Å²) in [6.45, 7) is 0.349. The number of aromatic hydroxyl groups is 1. The lowest BCUT2D eigenvalue weighted by Gasteiger charge is -2.05. The Bertz CT molecular complexity index is 362. The first-order valence-electron chi connectivity index (χ1n) is 3.98. The van der Waals surface area contributed by atoms with E-state index >= 15 is 0 Å². The molecule has 1 aliphatic heterocycles. The molecule has 1 aromatic rings. The van der Waals surface area contributed by atoms with E-state index in [0.29, 0.717) is 17.8 Å². The Morgan fingerprint density at radius 1 is 1.54 bits per heavy atom. The van der Waals surface area contributed by atoms with Gasteiger partial charge in [-0.25, -0.2) is 0 Å². The molecule has 0 bridgehead atoms. The highest BCUT2D eigenvalue weighted by Crippen LogP contribution is 2.37. The summed E-state index contributed by atoms with van der Waals surface area (Å²) in [4.78, 5) is 10.8. The Morgan fingerprint density at radius 3 is 3.00 bits per heavy atom. The van der Waals surface area contributed by atoms with Crippen LogP contribution in [0.15, 0.2) is 18.2 Å². The average molecular weight is 179 g/mol. The predicted molar refractivity (Wildman–Crippen MR) is 47.0 cm³/mol. The van der Waals surface area contributed by atoms with E-state index in [-0.39, 0.29) is 5.75 Å². The number of carboxylic acids is 1. The number of aliphatic carboxylic acids is 1. The minimum absolute atomic E-state index is 0.0508. The van der Waals surface area contributed by atoms with Crippen LogP contribution in [0.1, 0.15) is 11.5 Å². The molecule has 68 valence electrons. The maximum atomic E-state index is 10.8. The van der Waals surface area contributed by atoms with Crippen molar-refractivity contribution < 1.29 is 15.0 Å². The molecule has 1 unspecified atom stereocenters. The number of hydrogen-bond acceptors (Lipinski definition) is 3. The summed E-state index contributed by atoms with van der Waals surface area (Å²) < 4.78 is 0. The molecule has 1 aliphatic rings. The number of benzene rings is 1. The van der Waals surface area contributed by atoms with Crippen LogP contribution >= 0.6 is 0 Å². The summed E-state index contributed by atoms with van der Waals surface area (Å²) >= 11 is 0. The van der Waals surface area contributed by atoms with E-state index in [9.17, 15) is 9.90 Å². The third-order valence-electron chi connectivity index (χ3n) is 2.23. The fourth-order valence-electron chi connectivity index (χ4n) is 1.60. The fourth-order valence-corrected chi connectivity index (χ4v) is 1.60. The molecule has 1 atom stereocenters. The highest BCUT2D eigenvalue weighted by molar-refractivity contribution is 5.84. The number of carboxylic acid groups (broad SMARTS) is 1. The summed E-state index contributed by atoms with van der Waals surface area (Å²) in [6.07, 6.45) is 0. The first-order valence-corrected chi connectivity index (χ1v) is 3.98. The summed E-state index contributed by atoms with van der Waals surface area (Å²) in [5.74, 6) is -1.49. The van der Waals surface area contributed by atoms with Crippen LogP contribution in [-0.4, -0.2) is 22.7 Å². The van der Waals surface area contributed by atoms with Crippen molar-refractivity contribution in [2.75, 3.05) is 11.9 Å². The minimum Gasteiger partial charge on any atom is -0.508 e. The normalized spacial score (nSPS) is 19.2. The zero-order chi connectivity index (χ0) is 9.42. The highest BCUT2D eigenvalue weighted by atomic mass is 16.4. The van der Waals surface area contributed by atoms with Crippen LogP contribution in [-0.2, 0) is 4.79 Å². The number of fused-ring (bicyclic) bond motifs is 1. The molecule has 1 aromatic carbocycles. The SMILES string of the molecule is O=C(O)C1CNc2cccc(O)c21. The summed E-state index contributed by atoms with van der Waals surface area (Å²) in [5, 5.41) is 21.2. The Balaban J connectivity index is 2.52. The fraction of sp³-hybridized carbons (Fsp3) is 0.222. The van der Waals surface area contributed by atoms with Crippen molar-refractivity contribution in [1.29, 1.82) is 0 Å². The molecular weight excluding hydrogens is 170 g/mol. The van der Waals surface area contributed by atoms with Gasteiger partial charge in [-0.1, -0.05) is 6.07 Å². The van der Waals surface area contributed by atoms with Gasteiger partial charge in [0.1, 0.15) is 11.7 Å². The Kier molecular flexibility index (Phi) is 1.62. The Morgan fingerprint density at radius 2 is 2.31 bits per heavy atom. The van der Waals surface area contributed by atoms with E-state index < -0.39 is 11.9 Å². The van der Waals surface area contributed by atoms with Gasteiger partial charge in [-0.15, -0.1) is 0 Å². The lowest BCUT2D eigenvalue weighted by molar-refractivity contribution is -0.138. The second kappa shape index (κ2) is 2.65. The van der Waals surface area contributed by atoms with Crippen molar-refractivity contribution in [3.05, 3.63) is 23.8 Å². The quantitative estimate of drug-likeness (QED) is 0.601. The topological polar surface area (TPSA) is 69.6 Å². The number of rotatable bonds is 1. The van der Waals surface area contributed by atoms with Crippen LogP contribution in [0.25, 0.3) is 0 Å². The monoisotopic (exact) mass is 179 g/mol. The number of nitrogens with one attached hydrogen (secondary N) is 1. The average Bonchev–Trinajstić information content (AvgIpc) is 2.49. The number of phenols is 1. The number of hydrogen-bond donors (Lipinski definition) is 3. The molecule has 0 aromatic heterocycles. The third-order valence-corrected chi connectivity index (χ3v) is 2.23. The Hall–Kier alpha value is -1.71. The largest absolute Gasteiger partial charge is 0.508 e. The molecule has 4 heteroatoms. The van der Waals surface area contributed by atoms with E-state index in [4.69, 9.17) is 5.11 Å². The van der Waals surface area contributed by atoms with E-state index in [2.05, 4.69) is 5.32 Å².